The fourth-order valence-corrected chi connectivity index (χ4v) is 7.06. The largest absolute Gasteiger partial charge is 0.309 e. The van der Waals surface area contributed by atoms with Crippen LogP contribution in [0.15, 0.2) is 170 Å². The van der Waals surface area contributed by atoms with E-state index in [4.69, 9.17) is 0 Å². The van der Waals surface area contributed by atoms with Gasteiger partial charge in [-0.1, -0.05) is 121 Å². The molecule has 44 heavy (non-hydrogen) atoms. The average Bonchev–Trinajstić information content (AvgIpc) is 3.62. The summed E-state index contributed by atoms with van der Waals surface area (Å²) >= 11 is 0. The summed E-state index contributed by atoms with van der Waals surface area (Å²) in [5.41, 5.74) is 12.1. The summed E-state index contributed by atoms with van der Waals surface area (Å²) in [4.78, 5) is 0. The molecule has 0 spiro atoms. The van der Waals surface area contributed by atoms with Crippen molar-refractivity contribution in [2.75, 3.05) is 0 Å². The minimum absolute atomic E-state index is 1.16. The van der Waals surface area contributed by atoms with E-state index in [-0.39, 0.29) is 0 Å². The summed E-state index contributed by atoms with van der Waals surface area (Å²) in [6.45, 7) is 0. The third-order valence-corrected chi connectivity index (χ3v) is 8.93. The van der Waals surface area contributed by atoms with Gasteiger partial charge in [-0.15, -0.1) is 0 Å². The third-order valence-electron chi connectivity index (χ3n) is 8.93. The first-order valence-electron chi connectivity index (χ1n) is 15.1. The van der Waals surface area contributed by atoms with Gasteiger partial charge in [-0.2, -0.15) is 0 Å². The Morgan fingerprint density at radius 2 is 0.841 bits per heavy atom. The zero-order valence-corrected chi connectivity index (χ0v) is 24.1. The van der Waals surface area contributed by atoms with E-state index in [1.54, 1.807) is 0 Å². The van der Waals surface area contributed by atoms with Crippen LogP contribution in [0.4, 0.5) is 0 Å². The fraction of sp³-hybridized carbons (Fsp3) is 0. The number of hydrogen-bond donors (Lipinski definition) is 0. The average molecular weight is 561 g/mol. The summed E-state index contributed by atoms with van der Waals surface area (Å²) in [5, 5.41) is 5.04. The number of benzene rings is 7. The van der Waals surface area contributed by atoms with Crippen molar-refractivity contribution in [3.63, 3.8) is 0 Å². The highest BCUT2D eigenvalue weighted by atomic mass is 15.0. The van der Waals surface area contributed by atoms with E-state index in [2.05, 4.69) is 179 Å². The Kier molecular flexibility index (Phi) is 5.54. The molecule has 0 bridgehead atoms. The van der Waals surface area contributed by atoms with E-state index in [9.17, 15) is 0 Å². The van der Waals surface area contributed by atoms with E-state index in [1.165, 1.54) is 71.6 Å². The first-order valence-corrected chi connectivity index (χ1v) is 15.1. The minimum Gasteiger partial charge on any atom is -0.309 e. The van der Waals surface area contributed by atoms with E-state index in [1.807, 2.05) is 0 Å². The number of hydrogen-bond acceptors (Lipinski definition) is 0. The predicted molar refractivity (Wildman–Crippen MR) is 186 cm³/mol. The third kappa shape index (κ3) is 3.68. The van der Waals surface area contributed by atoms with Crippen LogP contribution in [-0.4, -0.2) is 9.13 Å². The van der Waals surface area contributed by atoms with Crippen LogP contribution < -0.4 is 0 Å². The molecular weight excluding hydrogens is 532 g/mol. The van der Waals surface area contributed by atoms with Crippen molar-refractivity contribution < 1.29 is 0 Å². The molecule has 0 saturated heterocycles. The van der Waals surface area contributed by atoms with Gasteiger partial charge in [0.05, 0.1) is 22.1 Å². The summed E-state index contributed by atoms with van der Waals surface area (Å²) in [6, 6.07) is 61.4. The molecule has 0 N–H and O–H groups in total. The van der Waals surface area contributed by atoms with Crippen LogP contribution >= 0.6 is 0 Å². The predicted octanol–water partition coefficient (Wildman–Crippen LogP) is 11.2. The molecule has 7 aromatic carbocycles. The molecule has 2 heteroatoms. The molecule has 9 aromatic rings. The van der Waals surface area contributed by atoms with Crippen molar-refractivity contribution in [3.05, 3.63) is 170 Å². The quantitative estimate of drug-likeness (QED) is 0.203. The Labute approximate surface area is 255 Å². The maximum atomic E-state index is 2.44. The van der Waals surface area contributed by atoms with Gasteiger partial charge in [0, 0.05) is 32.9 Å². The van der Waals surface area contributed by atoms with Gasteiger partial charge in [0.15, 0.2) is 0 Å². The lowest BCUT2D eigenvalue weighted by molar-refractivity contribution is 1.17. The van der Waals surface area contributed by atoms with Gasteiger partial charge in [-0.25, -0.2) is 0 Å². The lowest BCUT2D eigenvalue weighted by atomic mass is 9.92. The van der Waals surface area contributed by atoms with Crippen molar-refractivity contribution in [2.24, 2.45) is 0 Å². The van der Waals surface area contributed by atoms with Gasteiger partial charge in [-0.05, 0) is 70.8 Å². The zero-order valence-electron chi connectivity index (χ0n) is 24.1. The van der Waals surface area contributed by atoms with E-state index in [0.29, 0.717) is 0 Å². The van der Waals surface area contributed by atoms with Crippen LogP contribution in [0.3, 0.4) is 0 Å². The smallest absolute Gasteiger partial charge is 0.0547 e. The second-order valence-electron chi connectivity index (χ2n) is 11.4. The van der Waals surface area contributed by atoms with E-state index >= 15 is 0 Å². The highest BCUT2D eigenvalue weighted by Gasteiger charge is 2.19. The molecule has 0 fully saturated rings. The highest BCUT2D eigenvalue weighted by Crippen LogP contribution is 2.42. The molecule has 0 aliphatic rings. The Morgan fingerprint density at radius 1 is 0.295 bits per heavy atom. The number of aromatic nitrogens is 2. The number of rotatable bonds is 4. The van der Waals surface area contributed by atoms with Crippen LogP contribution in [0.5, 0.6) is 0 Å². The second-order valence-corrected chi connectivity index (χ2v) is 11.4. The normalized spacial score (nSPS) is 11.6. The summed E-state index contributed by atoms with van der Waals surface area (Å²) < 4.78 is 4.81. The van der Waals surface area contributed by atoms with E-state index in [0.717, 1.165) is 5.69 Å². The molecule has 0 aliphatic carbocycles. The number of fused-ring (bicyclic) bond motifs is 6. The number of nitrogens with zero attached hydrogens (tertiary/aromatic N) is 2. The van der Waals surface area contributed by atoms with Crippen molar-refractivity contribution in [3.8, 4) is 33.6 Å². The Morgan fingerprint density at radius 3 is 1.64 bits per heavy atom. The first kappa shape index (κ1) is 24.7. The van der Waals surface area contributed by atoms with Gasteiger partial charge >= 0.3 is 0 Å². The molecule has 0 saturated carbocycles. The molecule has 0 aliphatic heterocycles. The molecule has 0 unspecified atom stereocenters. The molecule has 9 rings (SSSR count). The van der Waals surface area contributed by atoms with Crippen LogP contribution in [0.25, 0.3) is 77.2 Å². The van der Waals surface area contributed by atoms with Crippen LogP contribution in [-0.2, 0) is 0 Å². The van der Waals surface area contributed by atoms with Crippen LogP contribution in [0.1, 0.15) is 0 Å². The molecule has 2 heterocycles. The maximum Gasteiger partial charge on any atom is 0.0547 e. The van der Waals surface area contributed by atoms with Crippen LogP contribution in [0, 0.1) is 0 Å². The highest BCUT2D eigenvalue weighted by molar-refractivity contribution is 6.17. The van der Waals surface area contributed by atoms with Gasteiger partial charge in [-0.3, -0.25) is 0 Å². The number of para-hydroxylation sites is 3. The van der Waals surface area contributed by atoms with Gasteiger partial charge in [0.1, 0.15) is 0 Å². The minimum atomic E-state index is 1.16. The monoisotopic (exact) mass is 560 g/mol. The molecule has 2 aromatic heterocycles. The lowest BCUT2D eigenvalue weighted by Gasteiger charge is -2.13. The Hall–Kier alpha value is -5.86. The van der Waals surface area contributed by atoms with Crippen molar-refractivity contribution in [1.82, 2.24) is 9.13 Å². The molecular formula is C42H28N2. The maximum absolute atomic E-state index is 2.44. The SMILES string of the molecule is c1ccc(-c2ccccc2-c2cccc3c2c2ccccc2n3-c2ccc3c(c2)c2ccccc2n3-c2ccccc2)cc1. The fourth-order valence-electron chi connectivity index (χ4n) is 7.06. The standard InChI is InChI=1S/C42H28N2/c1-3-14-29(15-4-1)32-18-7-8-19-33(32)35-22-13-25-41-42(35)36-21-10-12-24-39(36)44(41)31-26-27-40-37(28-31)34-20-9-11-23-38(34)43(40)30-16-5-2-6-17-30/h1-28H. The zero-order chi connectivity index (χ0) is 29.0. The van der Waals surface area contributed by atoms with Gasteiger partial charge in [0.25, 0.3) is 0 Å². The summed E-state index contributed by atoms with van der Waals surface area (Å²) in [5.74, 6) is 0. The van der Waals surface area contributed by atoms with Gasteiger partial charge < -0.3 is 9.13 Å². The van der Waals surface area contributed by atoms with Gasteiger partial charge in [0.2, 0.25) is 0 Å². The second kappa shape index (κ2) is 9.86. The van der Waals surface area contributed by atoms with E-state index < -0.39 is 0 Å². The van der Waals surface area contributed by atoms with Crippen molar-refractivity contribution >= 4 is 43.6 Å². The summed E-state index contributed by atoms with van der Waals surface area (Å²) in [7, 11) is 0. The van der Waals surface area contributed by atoms with Crippen molar-refractivity contribution in [2.45, 2.75) is 0 Å². The topological polar surface area (TPSA) is 9.86 Å². The molecule has 0 amide bonds. The Bertz CT molecular complexity index is 2480. The lowest BCUT2D eigenvalue weighted by Crippen LogP contribution is -1.95. The molecule has 206 valence electrons. The molecule has 0 radical (unpaired) electrons. The molecule has 0 atom stereocenters. The first-order chi connectivity index (χ1) is 21.9. The summed E-state index contributed by atoms with van der Waals surface area (Å²) in [6.07, 6.45) is 0. The molecule has 2 nitrogen and oxygen atoms in total. The Balaban J connectivity index is 1.33. The van der Waals surface area contributed by atoms with Crippen molar-refractivity contribution in [1.29, 1.82) is 0 Å². The van der Waals surface area contributed by atoms with Crippen LogP contribution in [0.2, 0.25) is 0 Å².